The Hall–Kier alpha value is -5.25. The minimum absolute atomic E-state index is 0.0491. The highest BCUT2D eigenvalue weighted by Crippen LogP contribution is 2.44. The predicted molar refractivity (Wildman–Crippen MR) is 259 cm³/mol. The summed E-state index contributed by atoms with van der Waals surface area (Å²) in [5.41, 5.74) is 10.2. The van der Waals surface area contributed by atoms with Crippen molar-refractivity contribution in [1.82, 2.24) is 0 Å². The number of aliphatic hydroxyl groups is 1. The normalized spacial score (nSPS) is 15.2. The maximum Gasteiger partial charge on any atom is 0.128 e. The SMILES string of the molecule is CC(CC(CC(CC(CC(C)c1ccc(-c2cc(C=N[C@H](CO)C(C)(C)C)c(O)c(C(C)(C)C)c2)cc1)c1ccccc1)c1ccccc1)c1ccccc1)c1ccccc1. The number of nitrogens with zero attached hydrogens (tertiary/aromatic N) is 1. The van der Waals surface area contributed by atoms with Crippen LogP contribution in [0.5, 0.6) is 5.75 Å². The first-order chi connectivity index (χ1) is 29.2. The second-order valence-electron chi connectivity index (χ2n) is 19.7. The molecule has 0 saturated heterocycles. The third-order valence-electron chi connectivity index (χ3n) is 12.9. The molecular formula is C58H69NO2. The summed E-state index contributed by atoms with van der Waals surface area (Å²) in [6, 6.07) is 57.6. The van der Waals surface area contributed by atoms with E-state index in [-0.39, 0.29) is 29.2 Å². The molecule has 6 aromatic carbocycles. The standard InChI is InChI=1S/C58H69NO2/c1-41(43-21-13-9-14-22-43)33-49(45-23-15-10-16-24-45)35-51(47-27-19-12-20-28-47)36-50(46-25-17-11-18-26-46)34-42(2)44-29-31-48(32-30-44)52-37-53(39-59-55(40-60)58(6,7)8)56(61)54(38-52)57(3,4)5/h9-32,37-39,41-42,49-51,55,60-61H,33-36,40H2,1-8H3/t41?,42?,49?,50?,51?,55-/m1/s1. The lowest BCUT2D eigenvalue weighted by Crippen LogP contribution is -2.28. The van der Waals surface area contributed by atoms with Crippen LogP contribution in [-0.4, -0.2) is 29.1 Å². The minimum Gasteiger partial charge on any atom is -0.507 e. The molecule has 3 nitrogen and oxygen atoms in total. The molecule has 0 bridgehead atoms. The van der Waals surface area contributed by atoms with E-state index in [2.05, 4.69) is 207 Å². The minimum atomic E-state index is -0.275. The topological polar surface area (TPSA) is 52.8 Å². The smallest absolute Gasteiger partial charge is 0.128 e. The van der Waals surface area contributed by atoms with Gasteiger partial charge >= 0.3 is 0 Å². The van der Waals surface area contributed by atoms with Crippen molar-refractivity contribution in [2.75, 3.05) is 6.61 Å². The quantitative estimate of drug-likeness (QED) is 0.0902. The van der Waals surface area contributed by atoms with E-state index in [1.165, 1.54) is 27.8 Å². The summed E-state index contributed by atoms with van der Waals surface area (Å²) >= 11 is 0. The molecule has 0 saturated carbocycles. The Bertz CT molecular complexity index is 2250. The third kappa shape index (κ3) is 12.2. The fourth-order valence-electron chi connectivity index (χ4n) is 9.09. The van der Waals surface area contributed by atoms with Crippen LogP contribution in [0.25, 0.3) is 11.1 Å². The molecule has 0 spiro atoms. The van der Waals surface area contributed by atoms with Crippen molar-refractivity contribution in [2.45, 2.75) is 122 Å². The van der Waals surface area contributed by atoms with Crippen LogP contribution in [0.15, 0.2) is 163 Å². The van der Waals surface area contributed by atoms with Crippen LogP contribution in [0, 0.1) is 5.41 Å². The number of phenolic OH excluding ortho intramolecular Hbond substituents is 1. The Labute approximate surface area is 367 Å². The van der Waals surface area contributed by atoms with Gasteiger partial charge < -0.3 is 10.2 Å². The lowest BCUT2D eigenvalue weighted by atomic mass is 9.74. The van der Waals surface area contributed by atoms with E-state index in [9.17, 15) is 10.2 Å². The summed E-state index contributed by atoms with van der Waals surface area (Å²) in [5.74, 6) is 2.20. The van der Waals surface area contributed by atoms with Gasteiger partial charge in [0.2, 0.25) is 0 Å². The fraction of sp³-hybridized carbons (Fsp3) is 0.362. The van der Waals surface area contributed by atoms with Crippen LogP contribution >= 0.6 is 0 Å². The van der Waals surface area contributed by atoms with Crippen molar-refractivity contribution in [1.29, 1.82) is 0 Å². The summed E-state index contributed by atoms with van der Waals surface area (Å²) < 4.78 is 0. The van der Waals surface area contributed by atoms with Crippen LogP contribution < -0.4 is 0 Å². The zero-order valence-corrected chi connectivity index (χ0v) is 37.9. The van der Waals surface area contributed by atoms with Crippen molar-refractivity contribution in [3.8, 4) is 16.9 Å². The predicted octanol–water partition coefficient (Wildman–Crippen LogP) is 15.0. The lowest BCUT2D eigenvalue weighted by Gasteiger charge is -2.31. The maximum atomic E-state index is 11.5. The van der Waals surface area contributed by atoms with Crippen LogP contribution in [-0.2, 0) is 5.41 Å². The van der Waals surface area contributed by atoms with Gasteiger partial charge in [0.25, 0.3) is 0 Å². The molecule has 6 atom stereocenters. The first kappa shape index (κ1) is 45.3. The fourth-order valence-corrected chi connectivity index (χ4v) is 9.09. The van der Waals surface area contributed by atoms with Crippen molar-refractivity contribution in [2.24, 2.45) is 10.4 Å². The zero-order valence-electron chi connectivity index (χ0n) is 37.9. The van der Waals surface area contributed by atoms with Crippen molar-refractivity contribution in [3.63, 3.8) is 0 Å². The van der Waals surface area contributed by atoms with Crippen molar-refractivity contribution < 1.29 is 10.2 Å². The monoisotopic (exact) mass is 812 g/mol. The molecule has 5 unspecified atom stereocenters. The molecule has 61 heavy (non-hydrogen) atoms. The van der Waals surface area contributed by atoms with Gasteiger partial charge in [0, 0.05) is 17.3 Å². The number of hydrogen-bond acceptors (Lipinski definition) is 3. The van der Waals surface area contributed by atoms with Crippen molar-refractivity contribution >= 4 is 6.21 Å². The maximum absolute atomic E-state index is 11.5. The molecule has 2 N–H and O–H groups in total. The number of hydrogen-bond donors (Lipinski definition) is 2. The van der Waals surface area contributed by atoms with Gasteiger partial charge in [0.15, 0.2) is 0 Å². The number of aliphatic hydroxyl groups excluding tert-OH is 1. The molecule has 6 aromatic rings. The Morgan fingerprint density at radius 3 is 1.28 bits per heavy atom. The summed E-state index contributed by atoms with van der Waals surface area (Å²) in [4.78, 5) is 4.75. The van der Waals surface area contributed by atoms with Gasteiger partial charge in [-0.3, -0.25) is 4.99 Å². The number of phenols is 1. The Morgan fingerprint density at radius 1 is 0.492 bits per heavy atom. The van der Waals surface area contributed by atoms with Gasteiger partial charge in [-0.05, 0) is 117 Å². The third-order valence-corrected chi connectivity index (χ3v) is 12.9. The van der Waals surface area contributed by atoms with Gasteiger partial charge in [-0.2, -0.15) is 0 Å². The van der Waals surface area contributed by atoms with Crippen LogP contribution in [0.3, 0.4) is 0 Å². The average Bonchev–Trinajstić information content (AvgIpc) is 3.26. The average molecular weight is 812 g/mol. The van der Waals surface area contributed by atoms with Gasteiger partial charge in [-0.1, -0.05) is 201 Å². The van der Waals surface area contributed by atoms with Gasteiger partial charge in [-0.15, -0.1) is 0 Å². The number of aromatic hydroxyl groups is 1. The lowest BCUT2D eigenvalue weighted by molar-refractivity contribution is 0.191. The summed E-state index contributed by atoms with van der Waals surface area (Å²) in [6.45, 7) is 17.3. The molecule has 0 radical (unpaired) electrons. The highest BCUT2D eigenvalue weighted by molar-refractivity contribution is 5.87. The zero-order chi connectivity index (χ0) is 43.6. The number of aliphatic imine (C=N–C) groups is 1. The number of rotatable bonds is 17. The van der Waals surface area contributed by atoms with Gasteiger partial charge in [-0.25, -0.2) is 0 Å². The molecular weight excluding hydrogens is 743 g/mol. The molecule has 0 aliphatic carbocycles. The summed E-state index contributed by atoms with van der Waals surface area (Å²) in [7, 11) is 0. The highest BCUT2D eigenvalue weighted by Gasteiger charge is 2.28. The Morgan fingerprint density at radius 2 is 0.885 bits per heavy atom. The highest BCUT2D eigenvalue weighted by atomic mass is 16.3. The summed E-state index contributed by atoms with van der Waals surface area (Å²) in [5, 5.41) is 21.5. The van der Waals surface area contributed by atoms with E-state index in [0.717, 1.165) is 42.4 Å². The molecule has 0 aliphatic heterocycles. The van der Waals surface area contributed by atoms with Crippen LogP contribution in [0.1, 0.15) is 150 Å². The Balaban J connectivity index is 1.29. The van der Waals surface area contributed by atoms with E-state index in [1.54, 1.807) is 6.21 Å². The molecule has 0 aliphatic rings. The van der Waals surface area contributed by atoms with Gasteiger partial charge in [0.05, 0.1) is 12.6 Å². The molecule has 0 fully saturated rings. The second kappa shape index (κ2) is 20.5. The first-order valence-electron chi connectivity index (χ1n) is 22.5. The van der Waals surface area contributed by atoms with Crippen LogP contribution in [0.2, 0.25) is 0 Å². The second-order valence-corrected chi connectivity index (χ2v) is 19.7. The van der Waals surface area contributed by atoms with Crippen molar-refractivity contribution in [3.05, 3.63) is 197 Å². The van der Waals surface area contributed by atoms with E-state index >= 15 is 0 Å². The molecule has 0 aromatic heterocycles. The van der Waals surface area contributed by atoms with E-state index < -0.39 is 0 Å². The Kier molecular flexibility index (Phi) is 15.2. The summed E-state index contributed by atoms with van der Waals surface area (Å²) in [6.07, 6.45) is 6.04. The van der Waals surface area contributed by atoms with Crippen LogP contribution in [0.4, 0.5) is 0 Å². The molecule has 0 amide bonds. The molecule has 0 heterocycles. The molecule has 3 heteroatoms. The molecule has 318 valence electrons. The van der Waals surface area contributed by atoms with E-state index in [0.29, 0.717) is 35.2 Å². The van der Waals surface area contributed by atoms with E-state index in [1.807, 2.05) is 6.07 Å². The molecule has 6 rings (SSSR count). The number of benzene rings is 6. The van der Waals surface area contributed by atoms with E-state index in [4.69, 9.17) is 4.99 Å². The largest absolute Gasteiger partial charge is 0.507 e. The first-order valence-corrected chi connectivity index (χ1v) is 22.5. The van der Waals surface area contributed by atoms with Gasteiger partial charge in [0.1, 0.15) is 5.75 Å².